The molecule has 1 aliphatic rings. The van der Waals surface area contributed by atoms with Crippen LogP contribution in [-0.2, 0) is 6.42 Å². The molecule has 0 heterocycles. The minimum atomic E-state index is 0.586. The minimum absolute atomic E-state index is 0.586. The average Bonchev–Trinajstić information content (AvgIpc) is 2.77. The van der Waals surface area contributed by atoms with E-state index in [9.17, 15) is 0 Å². The molecule has 3 rings (SSSR count). The van der Waals surface area contributed by atoms with Crippen LogP contribution in [0.5, 0.6) is 0 Å². The summed E-state index contributed by atoms with van der Waals surface area (Å²) < 4.78 is 0. The summed E-state index contributed by atoms with van der Waals surface area (Å²) in [6.45, 7) is 4.53. The first-order chi connectivity index (χ1) is 14.3. The summed E-state index contributed by atoms with van der Waals surface area (Å²) in [5, 5.41) is 0. The Bertz CT molecular complexity index is 854. The number of aryl methyl sites for hydroxylation is 1. The Morgan fingerprint density at radius 1 is 0.690 bits per heavy atom. The van der Waals surface area contributed by atoms with Gasteiger partial charge in [0, 0.05) is 22.6 Å². The van der Waals surface area contributed by atoms with Crippen LogP contribution in [0.1, 0.15) is 87.5 Å². The van der Waals surface area contributed by atoms with Crippen molar-refractivity contribution >= 4 is 0 Å². The van der Waals surface area contributed by atoms with Crippen molar-refractivity contribution in [2.24, 2.45) is 11.8 Å². The zero-order valence-electron chi connectivity index (χ0n) is 18.1. The molecule has 0 nitrogen and oxygen atoms in total. The topological polar surface area (TPSA) is 0 Å². The summed E-state index contributed by atoms with van der Waals surface area (Å²) in [5.41, 5.74) is 4.63. The molecule has 0 spiro atoms. The fourth-order valence-corrected chi connectivity index (χ4v) is 4.11. The van der Waals surface area contributed by atoms with E-state index in [1.807, 2.05) is 0 Å². The van der Waals surface area contributed by atoms with Crippen LogP contribution in [0.2, 0.25) is 0 Å². The Morgan fingerprint density at radius 2 is 1.24 bits per heavy atom. The van der Waals surface area contributed by atoms with E-state index in [-0.39, 0.29) is 0 Å². The Morgan fingerprint density at radius 3 is 1.79 bits per heavy atom. The number of hydrogen-bond acceptors (Lipinski definition) is 0. The molecular weight excluding hydrogens is 348 g/mol. The molecular formula is C29H34. The number of unbranched alkanes of at least 4 members (excludes halogenated alkanes) is 1. The lowest BCUT2D eigenvalue weighted by molar-refractivity contribution is 0.300. The van der Waals surface area contributed by atoms with E-state index in [4.69, 9.17) is 0 Å². The first-order valence-corrected chi connectivity index (χ1v) is 11.5. The van der Waals surface area contributed by atoms with Crippen molar-refractivity contribution in [1.82, 2.24) is 0 Å². The second-order valence-electron chi connectivity index (χ2n) is 8.40. The highest BCUT2D eigenvalue weighted by Crippen LogP contribution is 2.31. The van der Waals surface area contributed by atoms with Crippen LogP contribution >= 0.6 is 0 Å². The van der Waals surface area contributed by atoms with Gasteiger partial charge in [0.2, 0.25) is 0 Å². The second-order valence-corrected chi connectivity index (χ2v) is 8.40. The summed E-state index contributed by atoms with van der Waals surface area (Å²) in [6, 6.07) is 17.1. The van der Waals surface area contributed by atoms with Gasteiger partial charge in [-0.2, -0.15) is 0 Å². The molecule has 2 aromatic rings. The molecule has 29 heavy (non-hydrogen) atoms. The largest absolute Gasteiger partial charge is 0.0945 e. The molecule has 1 fully saturated rings. The standard InChI is InChI=1S/C29H34/c1-3-5-7-25-10-14-27(15-11-25)17-19-29-22-20-28(21-23-29)18-16-26-12-8-24(6-4-2)9-13-26/h10-11,14-15,20-24,26H,3-9,12-13H2,1-2H3. The van der Waals surface area contributed by atoms with Crippen LogP contribution in [0.15, 0.2) is 48.5 Å². The molecule has 1 saturated carbocycles. The Balaban J connectivity index is 1.53. The van der Waals surface area contributed by atoms with Gasteiger partial charge in [0.15, 0.2) is 0 Å². The van der Waals surface area contributed by atoms with Gasteiger partial charge in [0.25, 0.3) is 0 Å². The van der Waals surface area contributed by atoms with Crippen LogP contribution in [0.25, 0.3) is 0 Å². The van der Waals surface area contributed by atoms with Crippen LogP contribution in [0, 0.1) is 35.5 Å². The van der Waals surface area contributed by atoms with Crippen molar-refractivity contribution in [2.75, 3.05) is 0 Å². The van der Waals surface area contributed by atoms with E-state index in [1.54, 1.807) is 0 Å². The lowest BCUT2D eigenvalue weighted by atomic mass is 9.80. The monoisotopic (exact) mass is 382 g/mol. The third kappa shape index (κ3) is 7.15. The molecule has 0 N–H and O–H groups in total. The lowest BCUT2D eigenvalue weighted by Crippen LogP contribution is -2.13. The second kappa shape index (κ2) is 11.5. The SMILES string of the molecule is CCCCc1ccc(C#Cc2ccc(C#CC3CCC(CCC)CC3)cc2)cc1. The molecule has 0 heteroatoms. The van der Waals surface area contributed by atoms with Gasteiger partial charge in [-0.25, -0.2) is 0 Å². The number of benzene rings is 2. The minimum Gasteiger partial charge on any atom is -0.0945 e. The summed E-state index contributed by atoms with van der Waals surface area (Å²) in [6.07, 6.45) is 11.6. The van der Waals surface area contributed by atoms with Crippen molar-refractivity contribution in [3.63, 3.8) is 0 Å². The fraction of sp³-hybridized carbons (Fsp3) is 0.448. The average molecular weight is 383 g/mol. The first-order valence-electron chi connectivity index (χ1n) is 11.5. The normalized spacial score (nSPS) is 18.3. The van der Waals surface area contributed by atoms with E-state index in [0.717, 1.165) is 29.0 Å². The molecule has 150 valence electrons. The fourth-order valence-electron chi connectivity index (χ4n) is 4.11. The third-order valence-corrected chi connectivity index (χ3v) is 5.97. The highest BCUT2D eigenvalue weighted by molar-refractivity contribution is 5.46. The van der Waals surface area contributed by atoms with Gasteiger partial charge < -0.3 is 0 Å². The molecule has 0 atom stereocenters. The van der Waals surface area contributed by atoms with Crippen molar-refractivity contribution in [1.29, 1.82) is 0 Å². The third-order valence-electron chi connectivity index (χ3n) is 5.97. The number of hydrogen-bond donors (Lipinski definition) is 0. The van der Waals surface area contributed by atoms with Gasteiger partial charge in [-0.3, -0.25) is 0 Å². The maximum absolute atomic E-state index is 3.51. The van der Waals surface area contributed by atoms with Crippen molar-refractivity contribution in [2.45, 2.75) is 71.6 Å². The van der Waals surface area contributed by atoms with Gasteiger partial charge in [-0.1, -0.05) is 68.9 Å². The Labute approximate surface area is 178 Å². The predicted molar refractivity (Wildman–Crippen MR) is 125 cm³/mol. The Hall–Kier alpha value is -2.44. The zero-order valence-corrected chi connectivity index (χ0v) is 18.1. The van der Waals surface area contributed by atoms with Gasteiger partial charge >= 0.3 is 0 Å². The van der Waals surface area contributed by atoms with Gasteiger partial charge in [-0.15, -0.1) is 0 Å². The summed E-state index contributed by atoms with van der Waals surface area (Å²) >= 11 is 0. The maximum atomic E-state index is 3.51. The first kappa shape index (κ1) is 21.3. The van der Waals surface area contributed by atoms with E-state index < -0.39 is 0 Å². The molecule has 0 radical (unpaired) electrons. The zero-order chi connectivity index (χ0) is 20.3. The Kier molecular flexibility index (Phi) is 8.46. The highest BCUT2D eigenvalue weighted by atomic mass is 14.2. The number of rotatable bonds is 5. The van der Waals surface area contributed by atoms with Gasteiger partial charge in [-0.05, 0) is 86.4 Å². The molecule has 0 aliphatic heterocycles. The van der Waals surface area contributed by atoms with E-state index in [0.29, 0.717) is 5.92 Å². The maximum Gasteiger partial charge on any atom is 0.0249 e. The smallest absolute Gasteiger partial charge is 0.0249 e. The quantitative estimate of drug-likeness (QED) is 0.473. The summed E-state index contributed by atoms with van der Waals surface area (Å²) in [5.74, 6) is 15.0. The van der Waals surface area contributed by atoms with Crippen LogP contribution in [0.3, 0.4) is 0 Å². The van der Waals surface area contributed by atoms with Crippen molar-refractivity contribution < 1.29 is 0 Å². The summed E-state index contributed by atoms with van der Waals surface area (Å²) in [7, 11) is 0. The van der Waals surface area contributed by atoms with Crippen LogP contribution in [-0.4, -0.2) is 0 Å². The molecule has 0 bridgehead atoms. The molecule has 0 amide bonds. The van der Waals surface area contributed by atoms with Crippen LogP contribution < -0.4 is 0 Å². The van der Waals surface area contributed by atoms with E-state index >= 15 is 0 Å². The predicted octanol–water partition coefficient (Wildman–Crippen LogP) is 7.39. The van der Waals surface area contributed by atoms with Crippen molar-refractivity contribution in [3.8, 4) is 23.7 Å². The molecule has 1 aliphatic carbocycles. The molecule has 0 unspecified atom stereocenters. The molecule has 0 saturated heterocycles. The van der Waals surface area contributed by atoms with Crippen LogP contribution in [0.4, 0.5) is 0 Å². The molecule has 2 aromatic carbocycles. The summed E-state index contributed by atoms with van der Waals surface area (Å²) in [4.78, 5) is 0. The van der Waals surface area contributed by atoms with Gasteiger partial charge in [0.1, 0.15) is 0 Å². The van der Waals surface area contributed by atoms with E-state index in [2.05, 4.69) is 86.1 Å². The van der Waals surface area contributed by atoms with Gasteiger partial charge in [0.05, 0.1) is 0 Å². The van der Waals surface area contributed by atoms with Crippen molar-refractivity contribution in [3.05, 3.63) is 70.8 Å². The van der Waals surface area contributed by atoms with E-state index in [1.165, 1.54) is 56.9 Å². The molecule has 0 aromatic heterocycles. The lowest BCUT2D eigenvalue weighted by Gasteiger charge is -2.25. The highest BCUT2D eigenvalue weighted by Gasteiger charge is 2.18.